The molecule has 1 heterocycles. The highest BCUT2D eigenvalue weighted by Gasteiger charge is 2.14. The van der Waals surface area contributed by atoms with Gasteiger partial charge in [-0.1, -0.05) is 42.5 Å². The molecule has 0 N–H and O–H groups in total. The molecule has 0 bridgehead atoms. The van der Waals surface area contributed by atoms with E-state index >= 15 is 0 Å². The molecule has 1 aromatic heterocycles. The monoisotopic (exact) mass is 341 g/mol. The number of carbonyl (C=O) groups excluding carboxylic acids is 1. The molecule has 0 atom stereocenters. The molecule has 0 fully saturated rings. The Morgan fingerprint density at radius 2 is 1.76 bits per heavy atom. The van der Waals surface area contributed by atoms with Crippen molar-refractivity contribution in [1.82, 2.24) is 0 Å². The van der Waals surface area contributed by atoms with Gasteiger partial charge in [0.15, 0.2) is 12.4 Å². The van der Waals surface area contributed by atoms with Crippen LogP contribution in [0.4, 0.5) is 0 Å². The van der Waals surface area contributed by atoms with Crippen molar-refractivity contribution >= 4 is 16.6 Å². The Morgan fingerprint density at radius 3 is 2.57 bits per heavy atom. The van der Waals surface area contributed by atoms with Crippen LogP contribution in [0.25, 0.3) is 10.8 Å². The van der Waals surface area contributed by atoms with Gasteiger partial charge in [-0.25, -0.2) is 0 Å². The number of ketones is 1. The maximum absolute atomic E-state index is 12.5. The van der Waals surface area contributed by atoms with E-state index in [9.17, 15) is 4.79 Å². The van der Waals surface area contributed by atoms with Gasteiger partial charge in [0.25, 0.3) is 0 Å². The van der Waals surface area contributed by atoms with E-state index in [0.717, 1.165) is 21.9 Å². The predicted molar refractivity (Wildman–Crippen MR) is 79.7 cm³/mol. The number of halogens is 1. The third kappa shape index (κ3) is 3.37. The maximum atomic E-state index is 12.5. The van der Waals surface area contributed by atoms with Crippen molar-refractivity contribution in [2.45, 2.75) is 13.5 Å². The summed E-state index contributed by atoms with van der Waals surface area (Å²) in [6.07, 6.45) is 3.92. The summed E-state index contributed by atoms with van der Waals surface area (Å²) in [7, 11) is 0. The van der Waals surface area contributed by atoms with E-state index in [1.165, 1.54) is 0 Å². The summed E-state index contributed by atoms with van der Waals surface area (Å²) in [6, 6.07) is 17.9. The number of aryl methyl sites for hydroxylation is 1. The van der Waals surface area contributed by atoms with E-state index in [1.807, 2.05) is 78.5 Å². The summed E-state index contributed by atoms with van der Waals surface area (Å²) >= 11 is 0. The molecule has 3 rings (SSSR count). The zero-order valence-corrected chi connectivity index (χ0v) is 13.4. The third-order valence-electron chi connectivity index (χ3n) is 3.42. The van der Waals surface area contributed by atoms with Crippen LogP contribution in [0.2, 0.25) is 0 Å². The Labute approximate surface area is 134 Å². The number of fused-ring (bicyclic) bond motifs is 1. The zero-order chi connectivity index (χ0) is 13.9. The summed E-state index contributed by atoms with van der Waals surface area (Å²) in [6.45, 7) is 2.40. The molecular weight excluding hydrogens is 326 g/mol. The van der Waals surface area contributed by atoms with E-state index in [4.69, 9.17) is 0 Å². The van der Waals surface area contributed by atoms with Crippen LogP contribution < -0.4 is 21.5 Å². The fourth-order valence-corrected chi connectivity index (χ4v) is 2.47. The number of benzene rings is 2. The van der Waals surface area contributed by atoms with E-state index in [2.05, 4.69) is 0 Å². The van der Waals surface area contributed by atoms with Gasteiger partial charge in [0.05, 0.1) is 0 Å². The molecule has 3 heteroatoms. The Hall–Kier alpha value is -2.00. The first-order valence-corrected chi connectivity index (χ1v) is 6.71. The fraction of sp³-hybridized carbons (Fsp3) is 0.111. The second kappa shape index (κ2) is 6.64. The minimum Gasteiger partial charge on any atom is -1.00 e. The molecule has 0 unspecified atom stereocenters. The van der Waals surface area contributed by atoms with E-state index in [0.29, 0.717) is 6.54 Å². The zero-order valence-electron chi connectivity index (χ0n) is 11.8. The molecule has 0 amide bonds. The first kappa shape index (κ1) is 15.4. The number of rotatable bonds is 3. The first-order valence-electron chi connectivity index (χ1n) is 6.71. The van der Waals surface area contributed by atoms with Crippen molar-refractivity contribution in [2.24, 2.45) is 0 Å². The van der Waals surface area contributed by atoms with Crippen molar-refractivity contribution < 1.29 is 26.3 Å². The van der Waals surface area contributed by atoms with Crippen LogP contribution in [-0.2, 0) is 6.54 Å². The van der Waals surface area contributed by atoms with Gasteiger partial charge in [-0.15, -0.1) is 0 Å². The molecule has 2 aromatic carbocycles. The summed E-state index contributed by atoms with van der Waals surface area (Å²) < 4.78 is 1.93. The van der Waals surface area contributed by atoms with Crippen LogP contribution in [0.15, 0.2) is 67.0 Å². The van der Waals surface area contributed by atoms with E-state index in [1.54, 1.807) is 0 Å². The van der Waals surface area contributed by atoms with Crippen LogP contribution >= 0.6 is 0 Å². The standard InChI is InChI=1S/C18H16NO.BrH/c1-14-6-5-11-19(12-14)13-18(20)17-10-4-8-15-7-2-3-9-16(15)17;/h2-12H,13H2,1H3;1H/q+1;/p-1. The molecule has 0 saturated heterocycles. The lowest BCUT2D eigenvalue weighted by Crippen LogP contribution is -3.00. The molecule has 0 saturated carbocycles. The highest BCUT2D eigenvalue weighted by atomic mass is 79.9. The normalized spacial score (nSPS) is 10.1. The Kier molecular flexibility index (Phi) is 4.86. The molecule has 2 nitrogen and oxygen atoms in total. The number of hydrogen-bond acceptors (Lipinski definition) is 1. The molecule has 3 aromatic rings. The maximum Gasteiger partial charge on any atom is 0.228 e. The predicted octanol–water partition coefficient (Wildman–Crippen LogP) is 0.323. The van der Waals surface area contributed by atoms with Crippen molar-refractivity contribution in [2.75, 3.05) is 0 Å². The van der Waals surface area contributed by atoms with Crippen LogP contribution in [0.3, 0.4) is 0 Å². The lowest BCUT2D eigenvalue weighted by atomic mass is 10.0. The lowest BCUT2D eigenvalue weighted by molar-refractivity contribution is -0.683. The Bertz CT molecular complexity index is 778. The van der Waals surface area contributed by atoms with Gasteiger partial charge in [0.1, 0.15) is 0 Å². The van der Waals surface area contributed by atoms with Gasteiger partial charge in [-0.05, 0) is 23.8 Å². The highest BCUT2D eigenvalue weighted by Crippen LogP contribution is 2.18. The average molecular weight is 342 g/mol. The van der Waals surface area contributed by atoms with Gasteiger partial charge in [0, 0.05) is 17.2 Å². The number of carbonyl (C=O) groups is 1. The fourth-order valence-electron chi connectivity index (χ4n) is 2.47. The van der Waals surface area contributed by atoms with Gasteiger partial charge in [-0.2, -0.15) is 4.57 Å². The van der Waals surface area contributed by atoms with Gasteiger partial charge in [-0.3, -0.25) is 4.79 Å². The largest absolute Gasteiger partial charge is 1.00 e. The molecular formula is C18H16BrNO. The van der Waals surface area contributed by atoms with Crippen molar-refractivity contribution in [1.29, 1.82) is 0 Å². The van der Waals surface area contributed by atoms with E-state index in [-0.39, 0.29) is 22.8 Å². The van der Waals surface area contributed by atoms with E-state index < -0.39 is 0 Å². The number of pyridine rings is 1. The van der Waals surface area contributed by atoms with Gasteiger partial charge in [0.2, 0.25) is 12.3 Å². The lowest BCUT2D eigenvalue weighted by Gasteiger charge is -2.04. The molecule has 0 aliphatic carbocycles. The smallest absolute Gasteiger partial charge is 0.228 e. The first-order chi connectivity index (χ1) is 9.74. The highest BCUT2D eigenvalue weighted by molar-refractivity contribution is 6.07. The third-order valence-corrected chi connectivity index (χ3v) is 3.42. The van der Waals surface area contributed by atoms with Crippen LogP contribution in [0.1, 0.15) is 15.9 Å². The number of nitrogens with zero attached hydrogens (tertiary/aromatic N) is 1. The summed E-state index contributed by atoms with van der Waals surface area (Å²) in [4.78, 5) is 12.5. The second-order valence-electron chi connectivity index (χ2n) is 5.00. The Morgan fingerprint density at radius 1 is 1.00 bits per heavy atom. The molecule has 106 valence electrons. The second-order valence-corrected chi connectivity index (χ2v) is 5.00. The molecule has 0 radical (unpaired) electrons. The Balaban J connectivity index is 0.00000161. The van der Waals surface area contributed by atoms with Crippen LogP contribution in [0, 0.1) is 6.92 Å². The van der Waals surface area contributed by atoms with Crippen molar-refractivity contribution in [3.8, 4) is 0 Å². The summed E-state index contributed by atoms with van der Waals surface area (Å²) in [5, 5.41) is 2.13. The number of Topliss-reactive ketones (excluding diaryl/α,β-unsaturated/α-hetero) is 1. The van der Waals surface area contributed by atoms with Crippen molar-refractivity contribution in [3.63, 3.8) is 0 Å². The number of aromatic nitrogens is 1. The SMILES string of the molecule is Cc1ccc[n+](CC(=O)c2cccc3ccccc23)c1.[Br-]. The molecule has 0 aliphatic heterocycles. The molecule has 0 aliphatic rings. The van der Waals surface area contributed by atoms with Gasteiger partial charge < -0.3 is 17.0 Å². The average Bonchev–Trinajstić information content (AvgIpc) is 2.46. The van der Waals surface area contributed by atoms with Crippen LogP contribution in [-0.4, -0.2) is 5.78 Å². The topological polar surface area (TPSA) is 20.9 Å². The number of hydrogen-bond donors (Lipinski definition) is 0. The van der Waals surface area contributed by atoms with Crippen molar-refractivity contribution in [3.05, 3.63) is 78.1 Å². The summed E-state index contributed by atoms with van der Waals surface area (Å²) in [5.74, 6) is 0.136. The molecule has 21 heavy (non-hydrogen) atoms. The minimum absolute atomic E-state index is 0. The minimum atomic E-state index is 0. The quantitative estimate of drug-likeness (QED) is 0.496. The molecule has 0 spiro atoms. The van der Waals surface area contributed by atoms with Crippen LogP contribution in [0.5, 0.6) is 0 Å². The summed E-state index contributed by atoms with van der Waals surface area (Å²) in [5.41, 5.74) is 1.94. The van der Waals surface area contributed by atoms with Gasteiger partial charge >= 0.3 is 0 Å².